The standard InChI is InChI=1S/C10H12FIN5O7P/c11-4-6(24-25(19,20)21)3(1-22-12)23-9(4)17-2-14-5-7(17)15-10(13)16-8(5)18/h2-4,6,9H,1H2,(H2,19,20,21)(H3,13,15,16,18)/t3-,4?,6?,9-/m1/s1. The molecule has 0 bridgehead atoms. The number of H-pyrrole nitrogens is 1. The number of nitrogens with two attached hydrogens (primary N) is 1. The zero-order valence-corrected chi connectivity index (χ0v) is 15.2. The Hall–Kier alpha value is -1.16. The molecule has 5 N–H and O–H groups in total. The Morgan fingerprint density at radius 3 is 2.92 bits per heavy atom. The lowest BCUT2D eigenvalue weighted by Gasteiger charge is -2.18. The van der Waals surface area contributed by atoms with E-state index in [2.05, 4.69) is 19.5 Å². The van der Waals surface area contributed by atoms with Crippen molar-refractivity contribution in [2.75, 3.05) is 12.3 Å². The van der Waals surface area contributed by atoms with Crippen LogP contribution in [0.3, 0.4) is 0 Å². The topological polar surface area (TPSA) is 175 Å². The van der Waals surface area contributed by atoms with Gasteiger partial charge in [0.05, 0.1) is 12.9 Å². The molecule has 2 unspecified atom stereocenters. The van der Waals surface area contributed by atoms with Gasteiger partial charge in [-0.1, -0.05) is 0 Å². The summed E-state index contributed by atoms with van der Waals surface area (Å²) in [5.74, 6) is -0.206. The number of phosphoric acid groups is 1. The van der Waals surface area contributed by atoms with Crippen molar-refractivity contribution in [3.05, 3.63) is 16.7 Å². The van der Waals surface area contributed by atoms with Crippen LogP contribution < -0.4 is 11.3 Å². The number of imidazole rings is 1. The predicted molar refractivity (Wildman–Crippen MR) is 88.3 cm³/mol. The maximum absolute atomic E-state index is 14.8. The molecule has 12 nitrogen and oxygen atoms in total. The van der Waals surface area contributed by atoms with Gasteiger partial charge in [-0.05, 0) is 0 Å². The van der Waals surface area contributed by atoms with Crippen LogP contribution in [0.2, 0.25) is 0 Å². The molecule has 15 heteroatoms. The molecule has 0 saturated carbocycles. The van der Waals surface area contributed by atoms with Crippen LogP contribution >= 0.6 is 30.8 Å². The Morgan fingerprint density at radius 2 is 2.28 bits per heavy atom. The molecule has 3 heterocycles. The van der Waals surface area contributed by atoms with Crippen LogP contribution in [0.25, 0.3) is 11.2 Å². The van der Waals surface area contributed by atoms with Gasteiger partial charge in [-0.15, -0.1) is 0 Å². The Bertz CT molecular complexity index is 886. The van der Waals surface area contributed by atoms with Crippen molar-refractivity contribution < 1.29 is 31.1 Å². The first-order valence-corrected chi connectivity index (χ1v) is 9.11. The van der Waals surface area contributed by atoms with Crippen molar-refractivity contribution in [2.45, 2.75) is 24.6 Å². The van der Waals surface area contributed by atoms with E-state index in [1.807, 2.05) is 0 Å². The van der Waals surface area contributed by atoms with Crippen molar-refractivity contribution in [2.24, 2.45) is 0 Å². The Balaban J connectivity index is 2.00. The third-order valence-corrected chi connectivity index (χ3v) is 4.36. The Labute approximate surface area is 152 Å². The van der Waals surface area contributed by atoms with Crippen LogP contribution in [0.4, 0.5) is 10.3 Å². The van der Waals surface area contributed by atoms with E-state index >= 15 is 0 Å². The number of rotatable bonds is 5. The van der Waals surface area contributed by atoms with Crippen LogP contribution in [0.5, 0.6) is 0 Å². The van der Waals surface area contributed by atoms with Gasteiger partial charge in [0.1, 0.15) is 35.2 Å². The summed E-state index contributed by atoms with van der Waals surface area (Å²) >= 11 is 1.53. The lowest BCUT2D eigenvalue weighted by molar-refractivity contribution is -0.0352. The van der Waals surface area contributed by atoms with Crippen LogP contribution in [0.1, 0.15) is 6.23 Å². The number of fused-ring (bicyclic) bond motifs is 1. The van der Waals surface area contributed by atoms with Gasteiger partial charge in [0, 0.05) is 0 Å². The quantitative estimate of drug-likeness (QED) is 0.323. The van der Waals surface area contributed by atoms with Crippen molar-refractivity contribution in [1.82, 2.24) is 19.5 Å². The first-order chi connectivity index (χ1) is 11.7. The molecule has 0 amide bonds. The van der Waals surface area contributed by atoms with Gasteiger partial charge >= 0.3 is 7.82 Å². The summed E-state index contributed by atoms with van der Waals surface area (Å²) in [4.78, 5) is 39.7. The number of nitrogens with zero attached hydrogens (tertiary/aromatic N) is 3. The number of ether oxygens (including phenoxy) is 1. The molecule has 3 rings (SSSR count). The van der Waals surface area contributed by atoms with Crippen LogP contribution in [-0.2, 0) is 16.9 Å². The smallest absolute Gasteiger partial charge is 0.369 e. The number of hydrogen-bond donors (Lipinski definition) is 4. The SMILES string of the molecule is Nc1nc2c(ncn2[C@@H]2O[C@H](COI)C(OP(=O)(O)O)C2F)c(=O)[nH]1. The fraction of sp³-hybridized carbons (Fsp3) is 0.500. The second-order valence-corrected chi connectivity index (χ2v) is 6.94. The summed E-state index contributed by atoms with van der Waals surface area (Å²) in [5.41, 5.74) is 4.73. The summed E-state index contributed by atoms with van der Waals surface area (Å²) in [7, 11) is -4.97. The van der Waals surface area contributed by atoms with E-state index in [-0.39, 0.29) is 23.7 Å². The summed E-state index contributed by atoms with van der Waals surface area (Å²) in [5, 5.41) is 0. The highest BCUT2D eigenvalue weighted by Gasteiger charge is 2.50. The molecule has 138 valence electrons. The number of aromatic nitrogens is 4. The molecule has 25 heavy (non-hydrogen) atoms. The van der Waals surface area contributed by atoms with Crippen LogP contribution in [0, 0.1) is 0 Å². The third kappa shape index (κ3) is 3.69. The molecule has 2 aromatic heterocycles. The fourth-order valence-corrected chi connectivity index (χ4v) is 3.45. The molecule has 1 fully saturated rings. The number of alkyl halides is 1. The minimum atomic E-state index is -4.97. The average Bonchev–Trinajstić information content (AvgIpc) is 3.02. The molecule has 0 spiro atoms. The molecular weight excluding hydrogens is 479 g/mol. The number of nitrogen functional groups attached to an aromatic ring is 1. The molecule has 0 aromatic carbocycles. The van der Waals surface area contributed by atoms with Gasteiger partial charge < -0.3 is 23.3 Å². The van der Waals surface area contributed by atoms with Crippen LogP contribution in [-0.4, -0.2) is 54.3 Å². The van der Waals surface area contributed by atoms with E-state index in [4.69, 9.17) is 23.3 Å². The van der Waals surface area contributed by atoms with Gasteiger partial charge in [0.2, 0.25) is 5.95 Å². The Kier molecular flexibility index (Phi) is 5.11. The van der Waals surface area contributed by atoms with Crippen molar-refractivity contribution in [1.29, 1.82) is 0 Å². The number of phosphoric ester groups is 1. The summed E-state index contributed by atoms with van der Waals surface area (Å²) < 4.78 is 41.8. The number of halogens is 2. The Morgan fingerprint density at radius 1 is 1.56 bits per heavy atom. The second-order valence-electron chi connectivity index (χ2n) is 5.12. The highest BCUT2D eigenvalue weighted by Crippen LogP contribution is 2.45. The van der Waals surface area contributed by atoms with E-state index in [1.54, 1.807) is 0 Å². The van der Waals surface area contributed by atoms with Gasteiger partial charge in [0.25, 0.3) is 5.56 Å². The minimum Gasteiger partial charge on any atom is -0.369 e. The lowest BCUT2D eigenvalue weighted by Crippen LogP contribution is -2.33. The highest BCUT2D eigenvalue weighted by atomic mass is 127. The number of hydrogen-bond acceptors (Lipinski definition) is 8. The van der Waals surface area contributed by atoms with Gasteiger partial charge in [-0.2, -0.15) is 4.98 Å². The molecule has 0 radical (unpaired) electrons. The average molecular weight is 491 g/mol. The lowest BCUT2D eigenvalue weighted by atomic mass is 10.1. The molecule has 4 atom stereocenters. The van der Waals surface area contributed by atoms with Crippen molar-refractivity contribution in [3.63, 3.8) is 0 Å². The van der Waals surface area contributed by atoms with E-state index in [0.717, 1.165) is 10.9 Å². The summed E-state index contributed by atoms with van der Waals surface area (Å²) in [6.07, 6.45) is -4.99. The number of nitrogens with one attached hydrogen (secondary N) is 1. The third-order valence-electron chi connectivity index (χ3n) is 3.48. The van der Waals surface area contributed by atoms with E-state index in [9.17, 15) is 13.8 Å². The summed E-state index contributed by atoms with van der Waals surface area (Å²) in [6, 6.07) is 0. The van der Waals surface area contributed by atoms with E-state index < -0.39 is 38.0 Å². The molecule has 2 aromatic rings. The second kappa shape index (κ2) is 6.86. The first kappa shape index (κ1) is 18.6. The monoisotopic (exact) mass is 491 g/mol. The fourth-order valence-electron chi connectivity index (χ4n) is 2.53. The number of anilines is 1. The normalized spacial score (nSPS) is 27.2. The maximum Gasteiger partial charge on any atom is 0.470 e. The summed E-state index contributed by atoms with van der Waals surface area (Å²) in [6.45, 7) is -0.190. The van der Waals surface area contributed by atoms with Gasteiger partial charge in [-0.25, -0.2) is 13.9 Å². The molecule has 1 aliphatic heterocycles. The van der Waals surface area contributed by atoms with Crippen molar-refractivity contribution >= 4 is 47.9 Å². The predicted octanol–water partition coefficient (Wildman–Crippen LogP) is -0.218. The van der Waals surface area contributed by atoms with Gasteiger partial charge in [0.15, 0.2) is 23.6 Å². The first-order valence-electron chi connectivity index (χ1n) is 6.70. The molecule has 1 aliphatic rings. The molecular formula is C10H12FIN5O7P. The zero-order valence-electron chi connectivity index (χ0n) is 12.2. The minimum absolute atomic E-state index is 0.0418. The van der Waals surface area contributed by atoms with Gasteiger partial charge in [-0.3, -0.25) is 18.9 Å². The van der Waals surface area contributed by atoms with Crippen molar-refractivity contribution in [3.8, 4) is 0 Å². The maximum atomic E-state index is 14.8. The highest BCUT2D eigenvalue weighted by molar-refractivity contribution is 14.1. The van der Waals surface area contributed by atoms with E-state index in [1.165, 1.54) is 23.0 Å². The zero-order chi connectivity index (χ0) is 18.4. The largest absolute Gasteiger partial charge is 0.470 e. The molecule has 1 saturated heterocycles. The number of aromatic amines is 1. The van der Waals surface area contributed by atoms with E-state index in [0.29, 0.717) is 0 Å². The molecule has 0 aliphatic carbocycles. The van der Waals surface area contributed by atoms with Crippen LogP contribution in [0.15, 0.2) is 11.1 Å².